The Morgan fingerprint density at radius 1 is 1.06 bits per heavy atom. The van der Waals surface area contributed by atoms with Crippen molar-refractivity contribution in [1.29, 1.82) is 0 Å². The molecule has 1 fully saturated rings. The maximum absolute atomic E-state index is 12.4. The highest BCUT2D eigenvalue weighted by Crippen LogP contribution is 2.33. The molecular formula is C27H37NO6. The van der Waals surface area contributed by atoms with Gasteiger partial charge in [-0.25, -0.2) is 0 Å². The lowest BCUT2D eigenvalue weighted by Gasteiger charge is -2.18. The first-order chi connectivity index (χ1) is 16.5. The first-order valence-electron chi connectivity index (χ1n) is 12.1. The van der Waals surface area contributed by atoms with Crippen molar-refractivity contribution in [2.45, 2.75) is 70.0 Å². The molecular weight excluding hydrogens is 434 g/mol. The lowest BCUT2D eigenvalue weighted by molar-refractivity contribution is -0.121. The molecule has 7 heteroatoms. The monoisotopic (exact) mass is 471 g/mol. The zero-order chi connectivity index (χ0) is 24.3. The summed E-state index contributed by atoms with van der Waals surface area (Å²) in [6, 6.07) is 11.0. The standard InChI is InChI=1S/C27H37NO6/c1-28-18-33-25-14-10-20(16-27(25)34-23-5-3-4-6-23)8-12-22(30)17-21(29)11-7-19-9-13-24(31)26(15-19)32-2/h9-10,13-16,22-23,28,30-31H,3-8,11-12,17-18H2,1-2H3. The summed E-state index contributed by atoms with van der Waals surface area (Å²) in [6.07, 6.45) is 6.19. The normalized spacial score (nSPS) is 14.7. The van der Waals surface area contributed by atoms with Gasteiger partial charge in [0.15, 0.2) is 23.0 Å². The average molecular weight is 472 g/mol. The Hall–Kier alpha value is -2.77. The van der Waals surface area contributed by atoms with Gasteiger partial charge in [0.25, 0.3) is 0 Å². The van der Waals surface area contributed by atoms with Crippen LogP contribution in [0.3, 0.4) is 0 Å². The van der Waals surface area contributed by atoms with Crippen molar-refractivity contribution in [3.05, 3.63) is 47.5 Å². The number of phenols is 1. The number of methoxy groups -OCH3 is 1. The third kappa shape index (κ3) is 7.92. The van der Waals surface area contributed by atoms with E-state index >= 15 is 0 Å². The summed E-state index contributed by atoms with van der Waals surface area (Å²) in [6.45, 7) is 0.401. The summed E-state index contributed by atoms with van der Waals surface area (Å²) in [4.78, 5) is 12.4. The predicted octanol–water partition coefficient (Wildman–Crippen LogP) is 4.16. The predicted molar refractivity (Wildman–Crippen MR) is 131 cm³/mol. The zero-order valence-electron chi connectivity index (χ0n) is 20.2. The van der Waals surface area contributed by atoms with Gasteiger partial charge in [-0.1, -0.05) is 12.1 Å². The molecule has 0 radical (unpaired) electrons. The number of Topliss-reactive ketones (excluding diaryl/α,β-unsaturated/α-hetero) is 1. The highest BCUT2D eigenvalue weighted by atomic mass is 16.5. The molecule has 186 valence electrons. The molecule has 2 aromatic carbocycles. The van der Waals surface area contributed by atoms with Crippen LogP contribution in [0.2, 0.25) is 0 Å². The summed E-state index contributed by atoms with van der Waals surface area (Å²) < 4.78 is 17.1. The van der Waals surface area contributed by atoms with Gasteiger partial charge in [-0.15, -0.1) is 0 Å². The molecule has 1 saturated carbocycles. The molecule has 1 aliphatic carbocycles. The van der Waals surface area contributed by atoms with Gasteiger partial charge >= 0.3 is 0 Å². The van der Waals surface area contributed by atoms with Gasteiger partial charge in [0.1, 0.15) is 12.5 Å². The lowest BCUT2D eigenvalue weighted by Crippen LogP contribution is -2.17. The molecule has 7 nitrogen and oxygen atoms in total. The van der Waals surface area contributed by atoms with E-state index in [1.807, 2.05) is 25.2 Å². The highest BCUT2D eigenvalue weighted by Gasteiger charge is 2.19. The number of ketones is 1. The Morgan fingerprint density at radius 3 is 2.50 bits per heavy atom. The van der Waals surface area contributed by atoms with Gasteiger partial charge in [0.2, 0.25) is 0 Å². The fraction of sp³-hybridized carbons (Fsp3) is 0.519. The van der Waals surface area contributed by atoms with Crippen molar-refractivity contribution in [3.63, 3.8) is 0 Å². The van der Waals surface area contributed by atoms with Gasteiger partial charge in [-0.3, -0.25) is 10.1 Å². The van der Waals surface area contributed by atoms with Crippen LogP contribution in [0.25, 0.3) is 0 Å². The highest BCUT2D eigenvalue weighted by molar-refractivity contribution is 5.79. The van der Waals surface area contributed by atoms with Gasteiger partial charge < -0.3 is 24.4 Å². The number of phenolic OH excluding ortho intramolecular Hbond substituents is 1. The Balaban J connectivity index is 1.49. The Kier molecular flexibility index (Phi) is 10.0. The molecule has 1 aliphatic rings. The van der Waals surface area contributed by atoms with Gasteiger partial charge in [0.05, 0.1) is 19.3 Å². The van der Waals surface area contributed by atoms with Crippen molar-refractivity contribution in [3.8, 4) is 23.0 Å². The third-order valence-electron chi connectivity index (χ3n) is 6.14. The van der Waals surface area contributed by atoms with E-state index in [4.69, 9.17) is 14.2 Å². The quantitative estimate of drug-likeness (QED) is 0.356. The number of hydrogen-bond donors (Lipinski definition) is 3. The smallest absolute Gasteiger partial charge is 0.163 e. The Morgan fingerprint density at radius 2 is 1.76 bits per heavy atom. The van der Waals surface area contributed by atoms with Crippen LogP contribution in [0.15, 0.2) is 36.4 Å². The van der Waals surface area contributed by atoms with Crippen LogP contribution >= 0.6 is 0 Å². The topological polar surface area (TPSA) is 97.2 Å². The number of hydrogen-bond acceptors (Lipinski definition) is 7. The van der Waals surface area contributed by atoms with E-state index in [0.717, 1.165) is 29.7 Å². The molecule has 0 aromatic heterocycles. The summed E-state index contributed by atoms with van der Waals surface area (Å²) >= 11 is 0. The number of aliphatic hydroxyl groups excluding tert-OH is 1. The Bertz CT molecular complexity index is 925. The van der Waals surface area contributed by atoms with Crippen LogP contribution in [-0.2, 0) is 17.6 Å². The van der Waals surface area contributed by atoms with Crippen molar-refractivity contribution in [2.75, 3.05) is 20.9 Å². The van der Waals surface area contributed by atoms with E-state index in [1.165, 1.54) is 20.0 Å². The van der Waals surface area contributed by atoms with E-state index in [9.17, 15) is 15.0 Å². The molecule has 2 aromatic rings. The number of rotatable bonds is 14. The van der Waals surface area contributed by atoms with Crippen LogP contribution in [0.5, 0.6) is 23.0 Å². The maximum Gasteiger partial charge on any atom is 0.163 e. The molecule has 0 bridgehead atoms. The molecule has 0 aliphatic heterocycles. The van der Waals surface area contributed by atoms with E-state index in [2.05, 4.69) is 5.32 Å². The number of carbonyl (C=O) groups excluding carboxylic acids is 1. The number of carbonyl (C=O) groups is 1. The summed E-state index contributed by atoms with van der Waals surface area (Å²) in [5, 5.41) is 23.1. The minimum absolute atomic E-state index is 0.0145. The van der Waals surface area contributed by atoms with E-state index in [0.29, 0.717) is 43.9 Å². The van der Waals surface area contributed by atoms with Crippen molar-refractivity contribution in [2.24, 2.45) is 0 Å². The minimum Gasteiger partial charge on any atom is -0.504 e. The average Bonchev–Trinajstić information content (AvgIpc) is 3.34. The molecule has 1 atom stereocenters. The van der Waals surface area contributed by atoms with Crippen LogP contribution in [-0.4, -0.2) is 49.1 Å². The number of nitrogens with one attached hydrogen (secondary N) is 1. The molecule has 3 rings (SSSR count). The lowest BCUT2D eigenvalue weighted by atomic mass is 10.00. The second-order valence-electron chi connectivity index (χ2n) is 8.89. The zero-order valence-corrected chi connectivity index (χ0v) is 20.2. The number of aromatic hydroxyl groups is 1. The van der Waals surface area contributed by atoms with Crippen molar-refractivity contribution in [1.82, 2.24) is 5.32 Å². The molecule has 0 amide bonds. The first kappa shape index (κ1) is 25.8. The first-order valence-corrected chi connectivity index (χ1v) is 12.1. The SMILES string of the molecule is CNCOc1ccc(CCC(O)CC(=O)CCc2ccc(O)c(OC)c2)cc1OC1CCCC1. The van der Waals surface area contributed by atoms with Crippen LogP contribution in [0, 0.1) is 0 Å². The van der Waals surface area contributed by atoms with Crippen molar-refractivity contribution < 1.29 is 29.2 Å². The van der Waals surface area contributed by atoms with Crippen LogP contribution in [0.1, 0.15) is 56.1 Å². The van der Waals surface area contributed by atoms with E-state index < -0.39 is 6.10 Å². The molecule has 0 heterocycles. The van der Waals surface area contributed by atoms with E-state index in [-0.39, 0.29) is 24.1 Å². The molecule has 0 spiro atoms. The Labute approximate surface area is 202 Å². The van der Waals surface area contributed by atoms with Gasteiger partial charge in [0, 0.05) is 12.8 Å². The van der Waals surface area contributed by atoms with Gasteiger partial charge in [-0.2, -0.15) is 0 Å². The molecule has 0 saturated heterocycles. The maximum atomic E-state index is 12.4. The second-order valence-corrected chi connectivity index (χ2v) is 8.89. The summed E-state index contributed by atoms with van der Waals surface area (Å²) in [5.74, 6) is 1.94. The number of benzene rings is 2. The minimum atomic E-state index is -0.693. The molecule has 34 heavy (non-hydrogen) atoms. The number of aliphatic hydroxyl groups is 1. The molecule has 1 unspecified atom stereocenters. The third-order valence-corrected chi connectivity index (χ3v) is 6.14. The van der Waals surface area contributed by atoms with Crippen molar-refractivity contribution >= 4 is 5.78 Å². The second kappa shape index (κ2) is 13.2. The van der Waals surface area contributed by atoms with E-state index in [1.54, 1.807) is 18.2 Å². The van der Waals surface area contributed by atoms with Gasteiger partial charge in [-0.05, 0) is 87.4 Å². The summed E-state index contributed by atoms with van der Waals surface area (Å²) in [7, 11) is 3.32. The fourth-order valence-corrected chi connectivity index (χ4v) is 4.22. The fourth-order valence-electron chi connectivity index (χ4n) is 4.22. The van der Waals surface area contributed by atoms with Crippen LogP contribution in [0.4, 0.5) is 0 Å². The largest absolute Gasteiger partial charge is 0.504 e. The number of ether oxygens (including phenoxy) is 3. The van der Waals surface area contributed by atoms with Crippen LogP contribution < -0.4 is 19.5 Å². The summed E-state index contributed by atoms with van der Waals surface area (Å²) in [5.41, 5.74) is 1.96. The number of aryl methyl sites for hydroxylation is 2. The molecule has 3 N–H and O–H groups in total.